The third-order valence-corrected chi connectivity index (χ3v) is 4.53. The van der Waals surface area contributed by atoms with Crippen LogP contribution in [0.5, 0.6) is 0 Å². The summed E-state index contributed by atoms with van der Waals surface area (Å²) in [6.07, 6.45) is 3.87. The van der Waals surface area contributed by atoms with Crippen molar-refractivity contribution in [2.24, 2.45) is 5.92 Å². The summed E-state index contributed by atoms with van der Waals surface area (Å²) in [4.78, 5) is 26.6. The molecule has 0 atom stereocenters. The van der Waals surface area contributed by atoms with E-state index in [2.05, 4.69) is 6.92 Å². The quantitative estimate of drug-likeness (QED) is 0.811. The van der Waals surface area contributed by atoms with Gasteiger partial charge >= 0.3 is 0 Å². The number of nitrogens with zero attached hydrogens (tertiary/aromatic N) is 1. The summed E-state index contributed by atoms with van der Waals surface area (Å²) in [5.74, 6) is 0.476. The SMILES string of the molecule is CCc1ccc(C(=O)N2CCC(C(=O)c3ccco3)CC2)cc1. The zero-order valence-electron chi connectivity index (χ0n) is 13.3. The maximum Gasteiger partial charge on any atom is 0.253 e. The topological polar surface area (TPSA) is 50.5 Å². The highest BCUT2D eigenvalue weighted by molar-refractivity contribution is 5.96. The van der Waals surface area contributed by atoms with Gasteiger partial charge in [-0.05, 0) is 49.1 Å². The van der Waals surface area contributed by atoms with Crippen LogP contribution >= 0.6 is 0 Å². The largest absolute Gasteiger partial charge is 0.461 e. The molecule has 0 spiro atoms. The van der Waals surface area contributed by atoms with E-state index in [0.29, 0.717) is 31.7 Å². The fourth-order valence-electron chi connectivity index (χ4n) is 3.03. The molecule has 1 amide bonds. The van der Waals surface area contributed by atoms with Gasteiger partial charge in [-0.15, -0.1) is 0 Å². The van der Waals surface area contributed by atoms with Crippen molar-refractivity contribution >= 4 is 11.7 Å². The lowest BCUT2D eigenvalue weighted by Gasteiger charge is -2.31. The molecule has 4 heteroatoms. The molecule has 0 radical (unpaired) electrons. The standard InChI is InChI=1S/C19H21NO3/c1-2-14-5-7-16(8-6-14)19(22)20-11-9-15(10-12-20)18(21)17-4-3-13-23-17/h3-8,13,15H,2,9-12H2,1H3. The van der Waals surface area contributed by atoms with Gasteiger partial charge in [0, 0.05) is 24.6 Å². The molecular formula is C19H21NO3. The van der Waals surface area contributed by atoms with Gasteiger partial charge in [0.2, 0.25) is 5.78 Å². The molecule has 1 saturated heterocycles. The Morgan fingerprint density at radius 2 is 1.83 bits per heavy atom. The third kappa shape index (κ3) is 3.36. The Balaban J connectivity index is 1.59. The van der Waals surface area contributed by atoms with Crippen molar-refractivity contribution in [2.45, 2.75) is 26.2 Å². The number of carbonyl (C=O) groups is 2. The molecular weight excluding hydrogens is 290 g/mol. The molecule has 2 heterocycles. The van der Waals surface area contributed by atoms with Gasteiger partial charge in [0.05, 0.1) is 6.26 Å². The van der Waals surface area contributed by atoms with Gasteiger partial charge in [0.15, 0.2) is 5.76 Å². The number of ketones is 1. The van der Waals surface area contributed by atoms with E-state index in [1.165, 1.54) is 11.8 Å². The minimum absolute atomic E-state index is 0.0485. The van der Waals surface area contributed by atoms with Gasteiger partial charge in [-0.2, -0.15) is 0 Å². The summed E-state index contributed by atoms with van der Waals surface area (Å²) in [5.41, 5.74) is 1.95. The second-order valence-corrected chi connectivity index (χ2v) is 5.96. The van der Waals surface area contributed by atoms with Gasteiger partial charge < -0.3 is 9.32 Å². The number of benzene rings is 1. The second kappa shape index (κ2) is 6.82. The van der Waals surface area contributed by atoms with E-state index in [4.69, 9.17) is 4.42 Å². The molecule has 23 heavy (non-hydrogen) atoms. The van der Waals surface area contributed by atoms with Crippen molar-refractivity contribution in [3.63, 3.8) is 0 Å². The monoisotopic (exact) mass is 311 g/mol. The Labute approximate surface area is 136 Å². The van der Waals surface area contributed by atoms with Gasteiger partial charge in [-0.25, -0.2) is 0 Å². The zero-order valence-corrected chi connectivity index (χ0v) is 13.3. The number of piperidine rings is 1. The normalized spacial score (nSPS) is 15.6. The lowest BCUT2D eigenvalue weighted by atomic mass is 9.91. The fraction of sp³-hybridized carbons (Fsp3) is 0.368. The molecule has 0 bridgehead atoms. The highest BCUT2D eigenvalue weighted by Crippen LogP contribution is 2.23. The maximum absolute atomic E-state index is 12.5. The van der Waals surface area contributed by atoms with Crippen LogP contribution in [0.15, 0.2) is 47.1 Å². The number of rotatable bonds is 4. The predicted molar refractivity (Wildman–Crippen MR) is 87.5 cm³/mol. The average molecular weight is 311 g/mol. The van der Waals surface area contributed by atoms with Crippen LogP contribution in [-0.4, -0.2) is 29.7 Å². The minimum atomic E-state index is -0.0485. The van der Waals surface area contributed by atoms with Crippen LogP contribution in [0.4, 0.5) is 0 Å². The van der Waals surface area contributed by atoms with Gasteiger partial charge in [0.1, 0.15) is 0 Å². The van der Waals surface area contributed by atoms with Crippen molar-refractivity contribution in [1.29, 1.82) is 0 Å². The van der Waals surface area contributed by atoms with E-state index in [9.17, 15) is 9.59 Å². The molecule has 2 aromatic rings. The van der Waals surface area contributed by atoms with Crippen LogP contribution in [-0.2, 0) is 6.42 Å². The summed E-state index contributed by atoms with van der Waals surface area (Å²) in [6, 6.07) is 11.2. The third-order valence-electron chi connectivity index (χ3n) is 4.53. The van der Waals surface area contributed by atoms with E-state index < -0.39 is 0 Å². The smallest absolute Gasteiger partial charge is 0.253 e. The summed E-state index contributed by atoms with van der Waals surface area (Å²) in [6.45, 7) is 3.33. The Bertz CT molecular complexity index is 665. The highest BCUT2D eigenvalue weighted by Gasteiger charge is 2.29. The first-order valence-electron chi connectivity index (χ1n) is 8.15. The second-order valence-electron chi connectivity index (χ2n) is 5.96. The molecule has 0 aliphatic carbocycles. The maximum atomic E-state index is 12.5. The van der Waals surface area contributed by atoms with Gasteiger partial charge in [-0.3, -0.25) is 9.59 Å². The van der Waals surface area contributed by atoms with Crippen LogP contribution in [0, 0.1) is 5.92 Å². The lowest BCUT2D eigenvalue weighted by molar-refractivity contribution is 0.0642. The van der Waals surface area contributed by atoms with Gasteiger partial charge in [0.25, 0.3) is 5.91 Å². The first kappa shape index (κ1) is 15.5. The van der Waals surface area contributed by atoms with Gasteiger partial charge in [-0.1, -0.05) is 19.1 Å². The summed E-state index contributed by atoms with van der Waals surface area (Å²) < 4.78 is 5.18. The number of likely N-dealkylation sites (tertiary alicyclic amines) is 1. The number of hydrogen-bond acceptors (Lipinski definition) is 3. The number of Topliss-reactive ketones (excluding diaryl/α,β-unsaturated/α-hetero) is 1. The van der Waals surface area contributed by atoms with Crippen LogP contribution in [0.1, 0.15) is 46.2 Å². The Morgan fingerprint density at radius 3 is 2.39 bits per heavy atom. The molecule has 1 aromatic carbocycles. The van der Waals surface area contributed by atoms with Crippen molar-refractivity contribution in [3.8, 4) is 0 Å². The molecule has 120 valence electrons. The van der Waals surface area contributed by atoms with Crippen molar-refractivity contribution in [3.05, 3.63) is 59.5 Å². The number of aryl methyl sites for hydroxylation is 1. The minimum Gasteiger partial charge on any atom is -0.461 e. The van der Waals surface area contributed by atoms with Crippen molar-refractivity contribution < 1.29 is 14.0 Å². The van der Waals surface area contributed by atoms with Crippen LogP contribution in [0.3, 0.4) is 0 Å². The number of amides is 1. The fourth-order valence-corrected chi connectivity index (χ4v) is 3.03. The molecule has 0 unspecified atom stereocenters. The van der Waals surface area contributed by atoms with E-state index in [1.54, 1.807) is 12.1 Å². The predicted octanol–water partition coefficient (Wildman–Crippen LogP) is 3.58. The van der Waals surface area contributed by atoms with E-state index in [1.807, 2.05) is 29.2 Å². The highest BCUT2D eigenvalue weighted by atomic mass is 16.3. The zero-order chi connectivity index (χ0) is 16.2. The molecule has 0 saturated carbocycles. The Hall–Kier alpha value is -2.36. The Kier molecular flexibility index (Phi) is 4.60. The van der Waals surface area contributed by atoms with Crippen LogP contribution < -0.4 is 0 Å². The molecule has 0 N–H and O–H groups in total. The lowest BCUT2D eigenvalue weighted by Crippen LogP contribution is -2.40. The molecule has 3 rings (SSSR count). The van der Waals surface area contributed by atoms with Crippen molar-refractivity contribution in [2.75, 3.05) is 13.1 Å². The van der Waals surface area contributed by atoms with E-state index in [0.717, 1.165) is 12.0 Å². The molecule has 1 fully saturated rings. The van der Waals surface area contributed by atoms with Crippen LogP contribution in [0.25, 0.3) is 0 Å². The first-order chi connectivity index (χ1) is 11.2. The number of furan rings is 1. The summed E-state index contributed by atoms with van der Waals surface area (Å²) >= 11 is 0. The molecule has 1 aromatic heterocycles. The number of hydrogen-bond donors (Lipinski definition) is 0. The molecule has 1 aliphatic rings. The van der Waals surface area contributed by atoms with E-state index >= 15 is 0 Å². The van der Waals surface area contributed by atoms with Crippen LogP contribution in [0.2, 0.25) is 0 Å². The summed E-state index contributed by atoms with van der Waals surface area (Å²) in [5, 5.41) is 0. The van der Waals surface area contributed by atoms with Crippen molar-refractivity contribution in [1.82, 2.24) is 4.90 Å². The first-order valence-corrected chi connectivity index (χ1v) is 8.15. The number of carbonyl (C=O) groups excluding carboxylic acids is 2. The Morgan fingerprint density at radius 1 is 1.13 bits per heavy atom. The summed E-state index contributed by atoms with van der Waals surface area (Å²) in [7, 11) is 0. The average Bonchev–Trinajstić information content (AvgIpc) is 3.15. The molecule has 1 aliphatic heterocycles. The van der Waals surface area contributed by atoms with E-state index in [-0.39, 0.29) is 17.6 Å². The molecule has 4 nitrogen and oxygen atoms in total.